The quantitative estimate of drug-likeness (QED) is 0.674. The fourth-order valence-electron chi connectivity index (χ4n) is 1.05. The Labute approximate surface area is 90.4 Å². The van der Waals surface area contributed by atoms with E-state index in [4.69, 9.17) is 0 Å². The smallest absolute Gasteiger partial charge is 0.139 e. The molecular weight excluding hydrogens is 338 g/mol. The van der Waals surface area contributed by atoms with E-state index >= 15 is 0 Å². The van der Waals surface area contributed by atoms with Gasteiger partial charge in [0.05, 0.1) is 33.8 Å². The Hall–Kier alpha value is -0.170. The number of benzene rings is 1. The number of halogens is 3. The largest absolute Gasteiger partial charge is 0.206 e. The van der Waals surface area contributed by atoms with Gasteiger partial charge in [-0.3, -0.25) is 0 Å². The maximum absolute atomic E-state index is 13.2. The van der Waals surface area contributed by atoms with Gasteiger partial charge in [0, 0.05) is 0 Å². The molecule has 0 saturated carbocycles. The van der Waals surface area contributed by atoms with E-state index in [2.05, 4.69) is 21.0 Å². The second kappa shape index (κ2) is 2.95. The first-order chi connectivity index (χ1) is 5.70. The van der Waals surface area contributed by atoms with Crippen LogP contribution in [0, 0.1) is 5.82 Å². The third kappa shape index (κ3) is 1.15. The predicted octanol–water partition coefficient (Wildman–Crippen LogP) is 3.14. The van der Waals surface area contributed by atoms with Crippen molar-refractivity contribution in [1.29, 1.82) is 0 Å². The fraction of sp³-hybridized carbons (Fsp3) is 0. The lowest BCUT2D eigenvalue weighted by atomic mass is 10.2. The van der Waals surface area contributed by atoms with Gasteiger partial charge in [0.1, 0.15) is 10.4 Å². The fourth-order valence-corrected chi connectivity index (χ4v) is 2.52. The lowest BCUT2D eigenvalue weighted by Gasteiger charge is -1.91. The van der Waals surface area contributed by atoms with Crippen LogP contribution in [0.3, 0.4) is 0 Å². The maximum atomic E-state index is 13.2. The van der Waals surface area contributed by atoms with Crippen LogP contribution in [-0.4, -0.2) is 7.99 Å². The van der Waals surface area contributed by atoms with Crippen LogP contribution >= 0.6 is 38.8 Å². The van der Waals surface area contributed by atoms with Gasteiger partial charge in [0.15, 0.2) is 0 Å². The number of fused-ring (bicyclic) bond motifs is 1. The van der Waals surface area contributed by atoms with Gasteiger partial charge in [0.2, 0.25) is 0 Å². The van der Waals surface area contributed by atoms with Crippen LogP contribution in [0.2, 0.25) is 0 Å². The van der Waals surface area contributed by atoms with E-state index in [9.17, 15) is 4.39 Å². The predicted molar refractivity (Wildman–Crippen MR) is 56.8 cm³/mol. The molecule has 2 rings (SSSR count). The standard InChI is InChI=1S/C7H3BrFIN2/c8-7-6-4(9)2-1-3-5(6)12(10)11-7/h1-3H. The molecule has 0 saturated heterocycles. The highest BCUT2D eigenvalue weighted by Crippen LogP contribution is 2.26. The SMILES string of the molecule is Fc1cccc2c1c(Br)nn2I. The first-order valence-corrected chi connectivity index (χ1v) is 4.95. The zero-order chi connectivity index (χ0) is 8.72. The zero-order valence-corrected chi connectivity index (χ0v) is 9.50. The van der Waals surface area contributed by atoms with Gasteiger partial charge in [-0.1, -0.05) is 6.07 Å². The third-order valence-corrected chi connectivity index (χ3v) is 2.86. The van der Waals surface area contributed by atoms with Crippen LogP contribution in [-0.2, 0) is 0 Å². The van der Waals surface area contributed by atoms with Crippen molar-refractivity contribution in [2.75, 3.05) is 0 Å². The molecular formula is C7H3BrFIN2. The zero-order valence-electron chi connectivity index (χ0n) is 5.76. The summed E-state index contributed by atoms with van der Waals surface area (Å²) in [6.07, 6.45) is 0. The molecule has 0 aliphatic carbocycles. The van der Waals surface area contributed by atoms with Crippen LogP contribution < -0.4 is 0 Å². The Kier molecular flexibility index (Phi) is 2.07. The summed E-state index contributed by atoms with van der Waals surface area (Å²) in [5.74, 6) is -0.248. The summed E-state index contributed by atoms with van der Waals surface area (Å²) in [6.45, 7) is 0. The molecule has 62 valence electrons. The molecule has 0 aliphatic rings. The van der Waals surface area contributed by atoms with Gasteiger partial charge in [-0.25, -0.2) is 7.29 Å². The van der Waals surface area contributed by atoms with E-state index in [-0.39, 0.29) is 5.82 Å². The van der Waals surface area contributed by atoms with Crippen LogP contribution in [0.15, 0.2) is 22.8 Å². The summed E-state index contributed by atoms with van der Waals surface area (Å²) in [5, 5.41) is 4.57. The second-order valence-electron chi connectivity index (χ2n) is 2.28. The van der Waals surface area contributed by atoms with Gasteiger partial charge < -0.3 is 0 Å². The third-order valence-electron chi connectivity index (χ3n) is 1.57. The van der Waals surface area contributed by atoms with Gasteiger partial charge in [-0.2, -0.15) is 5.10 Å². The molecule has 0 spiro atoms. The Balaban J connectivity index is 2.99. The van der Waals surface area contributed by atoms with Crippen molar-refractivity contribution in [2.45, 2.75) is 0 Å². The number of nitrogens with zero attached hydrogens (tertiary/aromatic N) is 2. The van der Waals surface area contributed by atoms with Crippen LogP contribution in [0.5, 0.6) is 0 Å². The van der Waals surface area contributed by atoms with E-state index in [0.29, 0.717) is 9.99 Å². The van der Waals surface area contributed by atoms with Crippen molar-refractivity contribution in [3.05, 3.63) is 28.6 Å². The molecule has 0 atom stereocenters. The normalized spacial score (nSPS) is 10.9. The van der Waals surface area contributed by atoms with Crippen LogP contribution in [0.1, 0.15) is 0 Å². The molecule has 0 bridgehead atoms. The summed E-state index contributed by atoms with van der Waals surface area (Å²) >= 11 is 5.20. The lowest BCUT2D eigenvalue weighted by Crippen LogP contribution is -1.79. The topological polar surface area (TPSA) is 17.8 Å². The molecule has 1 aromatic heterocycles. The molecule has 0 radical (unpaired) electrons. The minimum absolute atomic E-state index is 0.248. The van der Waals surface area contributed by atoms with Crippen molar-refractivity contribution in [3.63, 3.8) is 0 Å². The summed E-state index contributed by atoms with van der Waals surface area (Å²) in [6, 6.07) is 4.91. The molecule has 0 fully saturated rings. The average Bonchev–Trinajstić information content (AvgIpc) is 2.29. The van der Waals surface area contributed by atoms with Crippen molar-refractivity contribution < 1.29 is 4.39 Å². The molecule has 2 nitrogen and oxygen atoms in total. The highest BCUT2D eigenvalue weighted by Gasteiger charge is 2.10. The lowest BCUT2D eigenvalue weighted by molar-refractivity contribution is 0.639. The molecule has 0 unspecified atom stereocenters. The number of rotatable bonds is 0. The molecule has 0 amide bonds. The highest BCUT2D eigenvalue weighted by molar-refractivity contribution is 14.1. The van der Waals surface area contributed by atoms with Gasteiger partial charge >= 0.3 is 0 Å². The van der Waals surface area contributed by atoms with E-state index in [0.717, 1.165) is 5.52 Å². The Morgan fingerprint density at radius 3 is 2.92 bits per heavy atom. The highest BCUT2D eigenvalue weighted by atomic mass is 127. The van der Waals surface area contributed by atoms with Crippen molar-refractivity contribution in [1.82, 2.24) is 7.99 Å². The first-order valence-electron chi connectivity index (χ1n) is 3.19. The Bertz CT molecular complexity index is 440. The first kappa shape index (κ1) is 8.43. The minimum Gasteiger partial charge on any atom is -0.206 e. The maximum Gasteiger partial charge on any atom is 0.139 e. The van der Waals surface area contributed by atoms with Gasteiger partial charge in [-0.15, -0.1) is 0 Å². The van der Waals surface area contributed by atoms with Crippen molar-refractivity contribution in [2.24, 2.45) is 0 Å². The average molecular weight is 341 g/mol. The van der Waals surface area contributed by atoms with Gasteiger partial charge in [0.25, 0.3) is 0 Å². The summed E-state index contributed by atoms with van der Waals surface area (Å²) in [5.41, 5.74) is 0.780. The van der Waals surface area contributed by atoms with E-state index in [1.54, 1.807) is 8.96 Å². The van der Waals surface area contributed by atoms with Crippen molar-refractivity contribution in [3.8, 4) is 0 Å². The Morgan fingerprint density at radius 1 is 1.50 bits per heavy atom. The molecule has 12 heavy (non-hydrogen) atoms. The number of aromatic nitrogens is 2. The minimum atomic E-state index is -0.248. The van der Waals surface area contributed by atoms with Crippen molar-refractivity contribution >= 4 is 49.7 Å². The molecule has 1 heterocycles. The molecule has 5 heteroatoms. The Morgan fingerprint density at radius 2 is 2.25 bits per heavy atom. The molecule has 2 aromatic rings. The van der Waals surface area contributed by atoms with E-state index in [1.807, 2.05) is 28.9 Å². The summed E-state index contributed by atoms with van der Waals surface area (Å²) < 4.78 is 15.3. The van der Waals surface area contributed by atoms with E-state index in [1.165, 1.54) is 6.07 Å². The van der Waals surface area contributed by atoms with E-state index < -0.39 is 0 Å². The summed E-state index contributed by atoms with van der Waals surface area (Å²) in [7, 11) is 0. The van der Waals surface area contributed by atoms with Crippen LogP contribution in [0.25, 0.3) is 10.9 Å². The number of hydrogen-bond acceptors (Lipinski definition) is 1. The summed E-state index contributed by atoms with van der Waals surface area (Å²) in [4.78, 5) is 0. The van der Waals surface area contributed by atoms with Crippen LogP contribution in [0.4, 0.5) is 4.39 Å². The van der Waals surface area contributed by atoms with Gasteiger partial charge in [-0.05, 0) is 28.1 Å². The molecule has 1 aromatic carbocycles. The molecule has 0 N–H and O–H groups in total. The monoisotopic (exact) mass is 340 g/mol. The number of hydrogen-bond donors (Lipinski definition) is 0. The second-order valence-corrected chi connectivity index (χ2v) is 3.95. The molecule has 0 aliphatic heterocycles.